The van der Waals surface area contributed by atoms with E-state index in [-0.39, 0.29) is 6.04 Å². The van der Waals surface area contributed by atoms with E-state index < -0.39 is 5.41 Å². The average molecular weight is 794 g/mol. The quantitative estimate of drug-likeness (QED) is 0.168. The van der Waals surface area contributed by atoms with Crippen LogP contribution in [0.4, 0.5) is 11.4 Å². The number of anilines is 2. The average Bonchev–Trinajstić information content (AvgIpc) is 4.00. The first-order valence-corrected chi connectivity index (χ1v) is 21.5. The van der Waals surface area contributed by atoms with Gasteiger partial charge in [-0.1, -0.05) is 170 Å². The van der Waals surface area contributed by atoms with Gasteiger partial charge >= 0.3 is 0 Å². The zero-order chi connectivity index (χ0) is 40.8. The summed E-state index contributed by atoms with van der Waals surface area (Å²) in [6, 6.07) is 75.2. The number of fused-ring (bicyclic) bond motifs is 11. The maximum absolute atomic E-state index is 6.59. The number of furan rings is 2. The third-order valence-electron chi connectivity index (χ3n) is 13.5. The van der Waals surface area contributed by atoms with Gasteiger partial charge < -0.3 is 13.7 Å². The molecule has 3 heteroatoms. The smallest absolute Gasteiger partial charge is 0.143 e. The van der Waals surface area contributed by atoms with Crippen molar-refractivity contribution >= 4 is 61.1 Å². The zero-order valence-electron chi connectivity index (χ0n) is 33.8. The molecule has 11 aromatic rings. The lowest BCUT2D eigenvalue weighted by atomic mass is 9.67. The van der Waals surface area contributed by atoms with E-state index in [0.29, 0.717) is 0 Å². The van der Waals surface area contributed by atoms with E-state index >= 15 is 0 Å². The van der Waals surface area contributed by atoms with Crippen molar-refractivity contribution in [2.75, 3.05) is 4.90 Å². The fourth-order valence-electron chi connectivity index (χ4n) is 10.8. The Labute approximate surface area is 359 Å². The third kappa shape index (κ3) is 5.06. The fraction of sp³-hybridized carbons (Fsp3) is 0.0508. The molecule has 2 aliphatic rings. The van der Waals surface area contributed by atoms with Gasteiger partial charge in [0, 0.05) is 50.5 Å². The summed E-state index contributed by atoms with van der Waals surface area (Å²) in [7, 11) is 0. The molecule has 3 nitrogen and oxygen atoms in total. The van der Waals surface area contributed by atoms with Gasteiger partial charge in [0.25, 0.3) is 0 Å². The van der Waals surface area contributed by atoms with Crippen LogP contribution in [0.25, 0.3) is 72.0 Å². The normalized spacial score (nSPS) is 14.9. The van der Waals surface area contributed by atoms with E-state index in [0.717, 1.165) is 67.6 Å². The largest absolute Gasteiger partial charge is 0.456 e. The molecular weight excluding hydrogens is 755 g/mol. The highest BCUT2D eigenvalue weighted by Crippen LogP contribution is 2.57. The summed E-state index contributed by atoms with van der Waals surface area (Å²) in [4.78, 5) is 2.58. The molecule has 1 unspecified atom stereocenters. The van der Waals surface area contributed by atoms with Crippen molar-refractivity contribution in [1.29, 1.82) is 0 Å². The second kappa shape index (κ2) is 13.6. The molecule has 2 heterocycles. The fourth-order valence-corrected chi connectivity index (χ4v) is 10.8. The van der Waals surface area contributed by atoms with Gasteiger partial charge in [0.05, 0.1) is 11.5 Å². The summed E-state index contributed by atoms with van der Waals surface area (Å²) in [5, 5.41) is 5.72. The number of hydrogen-bond donors (Lipinski definition) is 0. The van der Waals surface area contributed by atoms with Crippen LogP contribution < -0.4 is 4.90 Å². The van der Waals surface area contributed by atoms with Gasteiger partial charge in [-0.15, -0.1) is 0 Å². The molecule has 2 aromatic heterocycles. The number of nitrogens with zero attached hydrogens (tertiary/aromatic N) is 1. The molecule has 13 rings (SSSR count). The minimum Gasteiger partial charge on any atom is -0.456 e. The van der Waals surface area contributed by atoms with Gasteiger partial charge in [-0.2, -0.15) is 0 Å². The molecule has 9 aromatic carbocycles. The number of para-hydroxylation sites is 2. The minimum absolute atomic E-state index is 0.0146. The van der Waals surface area contributed by atoms with Crippen LogP contribution >= 0.6 is 0 Å². The zero-order valence-corrected chi connectivity index (χ0v) is 33.8. The van der Waals surface area contributed by atoms with E-state index in [4.69, 9.17) is 8.83 Å². The first kappa shape index (κ1) is 34.9. The van der Waals surface area contributed by atoms with Crippen LogP contribution in [-0.2, 0) is 11.8 Å². The molecule has 0 fully saturated rings. The molecule has 292 valence electrons. The van der Waals surface area contributed by atoms with E-state index in [9.17, 15) is 0 Å². The van der Waals surface area contributed by atoms with Gasteiger partial charge in [0.2, 0.25) is 0 Å². The summed E-state index contributed by atoms with van der Waals surface area (Å²) < 4.78 is 13.0. The van der Waals surface area contributed by atoms with Crippen molar-refractivity contribution in [3.63, 3.8) is 0 Å². The van der Waals surface area contributed by atoms with Crippen molar-refractivity contribution in [3.8, 4) is 22.3 Å². The molecule has 0 aliphatic heterocycles. The molecule has 0 radical (unpaired) electrons. The summed E-state index contributed by atoms with van der Waals surface area (Å²) in [5.74, 6) is 0.942. The molecule has 0 saturated carbocycles. The molecule has 1 atom stereocenters. The maximum Gasteiger partial charge on any atom is 0.143 e. The maximum atomic E-state index is 6.59. The molecule has 0 spiro atoms. The Kier molecular flexibility index (Phi) is 7.65. The molecule has 62 heavy (non-hydrogen) atoms. The second-order valence-electron chi connectivity index (χ2n) is 16.7. The van der Waals surface area contributed by atoms with Crippen LogP contribution in [0, 0.1) is 0 Å². The van der Waals surface area contributed by atoms with Crippen LogP contribution in [0.2, 0.25) is 0 Å². The number of rotatable bonds is 6. The SMILES string of the molecule is C1=CC(N(c2ccc3c(c2)C(c2ccccc2)(c2ccccc2)c2ccccc2-3)c2ccccc2-c2ccc3oc4c5ccccc5ccc4c3c2)Cc2c1oc1ccccc21. The van der Waals surface area contributed by atoms with Gasteiger partial charge in [0.1, 0.15) is 22.5 Å². The monoisotopic (exact) mass is 793 g/mol. The molecular formula is C59H39NO2. The van der Waals surface area contributed by atoms with Crippen molar-refractivity contribution in [1.82, 2.24) is 0 Å². The summed E-state index contributed by atoms with van der Waals surface area (Å²) in [6.45, 7) is 0. The van der Waals surface area contributed by atoms with Gasteiger partial charge in [-0.3, -0.25) is 0 Å². The predicted octanol–water partition coefficient (Wildman–Crippen LogP) is 15.3. The topological polar surface area (TPSA) is 29.5 Å². The number of hydrogen-bond acceptors (Lipinski definition) is 3. The van der Waals surface area contributed by atoms with Crippen molar-refractivity contribution in [2.45, 2.75) is 17.9 Å². The number of benzene rings is 9. The van der Waals surface area contributed by atoms with Crippen LogP contribution in [0.1, 0.15) is 33.6 Å². The van der Waals surface area contributed by atoms with Gasteiger partial charge in [-0.05, 0) is 92.9 Å². The molecule has 0 N–H and O–H groups in total. The Balaban J connectivity index is 1.05. The molecule has 0 bridgehead atoms. The lowest BCUT2D eigenvalue weighted by Crippen LogP contribution is -2.34. The highest BCUT2D eigenvalue weighted by molar-refractivity contribution is 6.15. The third-order valence-corrected chi connectivity index (χ3v) is 13.5. The first-order valence-electron chi connectivity index (χ1n) is 21.5. The Morgan fingerprint density at radius 2 is 1.15 bits per heavy atom. The molecule has 0 amide bonds. The Morgan fingerprint density at radius 1 is 0.468 bits per heavy atom. The van der Waals surface area contributed by atoms with E-state index in [1.54, 1.807) is 0 Å². The Hall–Kier alpha value is -7.88. The Morgan fingerprint density at radius 3 is 1.98 bits per heavy atom. The highest BCUT2D eigenvalue weighted by Gasteiger charge is 2.46. The van der Waals surface area contributed by atoms with Crippen LogP contribution in [0.15, 0.2) is 221 Å². The van der Waals surface area contributed by atoms with Gasteiger partial charge in [0.15, 0.2) is 0 Å². The van der Waals surface area contributed by atoms with E-state index in [1.807, 2.05) is 0 Å². The van der Waals surface area contributed by atoms with Crippen molar-refractivity contribution in [2.24, 2.45) is 0 Å². The summed E-state index contributed by atoms with van der Waals surface area (Å²) in [6.07, 6.45) is 5.31. The van der Waals surface area contributed by atoms with Crippen LogP contribution in [0.3, 0.4) is 0 Å². The molecule has 2 aliphatic carbocycles. The van der Waals surface area contributed by atoms with Crippen LogP contribution in [0.5, 0.6) is 0 Å². The first-order chi connectivity index (χ1) is 30.7. The molecule has 0 saturated heterocycles. The van der Waals surface area contributed by atoms with Gasteiger partial charge in [-0.25, -0.2) is 0 Å². The second-order valence-corrected chi connectivity index (χ2v) is 16.7. The van der Waals surface area contributed by atoms with Crippen molar-refractivity contribution < 1.29 is 8.83 Å². The van der Waals surface area contributed by atoms with E-state index in [2.05, 4.69) is 223 Å². The minimum atomic E-state index is -0.524. The van der Waals surface area contributed by atoms with Crippen molar-refractivity contribution in [3.05, 3.63) is 246 Å². The summed E-state index contributed by atoms with van der Waals surface area (Å²) >= 11 is 0. The Bertz CT molecular complexity index is 3530. The van der Waals surface area contributed by atoms with E-state index in [1.165, 1.54) is 49.7 Å². The summed E-state index contributed by atoms with van der Waals surface area (Å²) in [5.41, 5.74) is 15.6. The predicted molar refractivity (Wildman–Crippen MR) is 255 cm³/mol. The lowest BCUT2D eigenvalue weighted by molar-refractivity contribution is 0.590. The highest BCUT2D eigenvalue weighted by atomic mass is 16.3. The standard InChI is InChI=1S/C59H39NO2/c1-3-16-40(17-4-1)59(41-18-5-2-6-19-41)52-24-12-9-22-46(52)47-32-29-43(37-53(47)59)60(42-30-34-56-51(36-42)48-23-11-14-26-55(48)61-56)54-25-13-10-20-44(54)39-28-33-57-50(35-39)49-31-27-38-15-7-8-21-45(38)58(49)62-57/h1-35,37,42H,36H2. The van der Waals surface area contributed by atoms with Crippen LogP contribution in [-0.4, -0.2) is 6.04 Å². The lowest BCUT2D eigenvalue weighted by Gasteiger charge is -2.37.